The lowest BCUT2D eigenvalue weighted by Crippen LogP contribution is -2.09. The van der Waals surface area contributed by atoms with Crippen molar-refractivity contribution in [3.05, 3.63) is 23.7 Å². The third-order valence-electron chi connectivity index (χ3n) is 2.49. The molecule has 1 saturated carbocycles. The molecule has 3 N–H and O–H groups in total. The number of rotatable bonds is 4. The molecule has 4 nitrogen and oxygen atoms in total. The van der Waals surface area contributed by atoms with E-state index in [4.69, 9.17) is 15.3 Å². The molecule has 1 heterocycles. The fraction of sp³-hybridized carbons (Fsp3) is 0.500. The second kappa shape index (κ2) is 3.46. The Morgan fingerprint density at radius 2 is 2.36 bits per heavy atom. The minimum Gasteiger partial charge on any atom is -0.475 e. The summed E-state index contributed by atoms with van der Waals surface area (Å²) in [5, 5.41) is 8.64. The highest BCUT2D eigenvalue weighted by atomic mass is 16.4. The van der Waals surface area contributed by atoms with Crippen LogP contribution in [0.25, 0.3) is 0 Å². The van der Waals surface area contributed by atoms with Crippen LogP contribution in [0.2, 0.25) is 0 Å². The normalized spacial score (nSPS) is 18.1. The zero-order valence-corrected chi connectivity index (χ0v) is 7.77. The number of hydrogen-bond acceptors (Lipinski definition) is 3. The maximum atomic E-state index is 10.5. The highest BCUT2D eigenvalue weighted by molar-refractivity contribution is 5.84. The average molecular weight is 195 g/mol. The van der Waals surface area contributed by atoms with Gasteiger partial charge in [0.2, 0.25) is 5.76 Å². The number of carbonyl (C=O) groups is 1. The molecule has 1 atom stereocenters. The zero-order chi connectivity index (χ0) is 10.1. The van der Waals surface area contributed by atoms with Crippen LogP contribution < -0.4 is 5.73 Å². The lowest BCUT2D eigenvalue weighted by molar-refractivity contribution is 0.0659. The first kappa shape index (κ1) is 9.27. The Hall–Kier alpha value is -1.29. The van der Waals surface area contributed by atoms with Crippen LogP contribution in [0.3, 0.4) is 0 Å². The van der Waals surface area contributed by atoms with Crippen LogP contribution in [0, 0.1) is 5.92 Å². The van der Waals surface area contributed by atoms with Gasteiger partial charge >= 0.3 is 5.97 Å². The molecule has 76 valence electrons. The van der Waals surface area contributed by atoms with Gasteiger partial charge in [0.15, 0.2) is 0 Å². The van der Waals surface area contributed by atoms with Crippen LogP contribution in [0.5, 0.6) is 0 Å². The van der Waals surface area contributed by atoms with Gasteiger partial charge in [-0.05, 0) is 24.5 Å². The van der Waals surface area contributed by atoms with E-state index in [1.807, 2.05) is 0 Å². The van der Waals surface area contributed by atoms with Gasteiger partial charge in [-0.15, -0.1) is 0 Å². The third-order valence-corrected chi connectivity index (χ3v) is 2.49. The van der Waals surface area contributed by atoms with Crippen molar-refractivity contribution in [2.75, 3.05) is 0 Å². The fourth-order valence-corrected chi connectivity index (χ4v) is 1.50. The first-order valence-electron chi connectivity index (χ1n) is 4.75. The van der Waals surface area contributed by atoms with Crippen LogP contribution >= 0.6 is 0 Å². The SMILES string of the molecule is NC(CC1CC1)c1ccc(C(=O)O)o1. The van der Waals surface area contributed by atoms with Crippen LogP contribution in [-0.4, -0.2) is 11.1 Å². The summed E-state index contributed by atoms with van der Waals surface area (Å²) < 4.78 is 5.11. The third kappa shape index (κ3) is 1.96. The van der Waals surface area contributed by atoms with Crippen molar-refractivity contribution in [2.24, 2.45) is 11.7 Å². The molecule has 0 saturated heterocycles. The Morgan fingerprint density at radius 1 is 1.64 bits per heavy atom. The van der Waals surface area contributed by atoms with Crippen LogP contribution in [0.15, 0.2) is 16.5 Å². The summed E-state index contributed by atoms with van der Waals surface area (Å²) in [6, 6.07) is 2.94. The Morgan fingerprint density at radius 3 is 2.86 bits per heavy atom. The van der Waals surface area contributed by atoms with E-state index >= 15 is 0 Å². The Labute approximate surface area is 81.7 Å². The molecule has 0 aliphatic heterocycles. The minimum atomic E-state index is -1.05. The molecule has 1 aromatic rings. The van der Waals surface area contributed by atoms with Crippen molar-refractivity contribution >= 4 is 5.97 Å². The van der Waals surface area contributed by atoms with Crippen molar-refractivity contribution in [2.45, 2.75) is 25.3 Å². The number of hydrogen-bond donors (Lipinski definition) is 2. The lowest BCUT2D eigenvalue weighted by Gasteiger charge is -2.06. The van der Waals surface area contributed by atoms with E-state index in [-0.39, 0.29) is 11.8 Å². The quantitative estimate of drug-likeness (QED) is 0.767. The highest BCUT2D eigenvalue weighted by Gasteiger charge is 2.26. The summed E-state index contributed by atoms with van der Waals surface area (Å²) in [7, 11) is 0. The molecule has 1 aliphatic carbocycles. The van der Waals surface area contributed by atoms with Crippen molar-refractivity contribution in [3.63, 3.8) is 0 Å². The highest BCUT2D eigenvalue weighted by Crippen LogP contribution is 2.36. The van der Waals surface area contributed by atoms with Gasteiger partial charge in [0.05, 0.1) is 6.04 Å². The van der Waals surface area contributed by atoms with Gasteiger partial charge in [-0.2, -0.15) is 0 Å². The van der Waals surface area contributed by atoms with Crippen LogP contribution in [0.4, 0.5) is 0 Å². The van der Waals surface area contributed by atoms with Gasteiger partial charge < -0.3 is 15.3 Å². The van der Waals surface area contributed by atoms with Crippen molar-refractivity contribution in [3.8, 4) is 0 Å². The van der Waals surface area contributed by atoms with Gasteiger partial charge in [-0.25, -0.2) is 4.79 Å². The summed E-state index contributed by atoms with van der Waals surface area (Å²) in [6.07, 6.45) is 3.37. The van der Waals surface area contributed by atoms with E-state index in [2.05, 4.69) is 0 Å². The molecular weight excluding hydrogens is 182 g/mol. The van der Waals surface area contributed by atoms with Gasteiger partial charge in [0.25, 0.3) is 0 Å². The molecule has 0 amide bonds. The molecule has 0 spiro atoms. The minimum absolute atomic E-state index is 0.0359. The first-order chi connectivity index (χ1) is 6.66. The van der Waals surface area contributed by atoms with Crippen molar-refractivity contribution < 1.29 is 14.3 Å². The molecular formula is C10H13NO3. The maximum absolute atomic E-state index is 10.5. The summed E-state index contributed by atoms with van der Waals surface area (Å²) in [5.41, 5.74) is 5.86. The van der Waals surface area contributed by atoms with E-state index in [1.165, 1.54) is 18.9 Å². The first-order valence-corrected chi connectivity index (χ1v) is 4.75. The second-order valence-corrected chi connectivity index (χ2v) is 3.79. The number of furan rings is 1. The molecule has 1 aromatic heterocycles. The molecule has 2 rings (SSSR count). The van der Waals surface area contributed by atoms with Crippen LogP contribution in [0.1, 0.15) is 41.6 Å². The number of aromatic carboxylic acids is 1. The lowest BCUT2D eigenvalue weighted by atomic mass is 10.1. The van der Waals surface area contributed by atoms with Gasteiger partial charge in [-0.1, -0.05) is 12.8 Å². The predicted octanol–water partition coefficient (Wildman–Crippen LogP) is 1.78. The Bertz CT molecular complexity index is 341. The summed E-state index contributed by atoms with van der Waals surface area (Å²) in [5.74, 6) is 0.207. The van der Waals surface area contributed by atoms with E-state index in [1.54, 1.807) is 6.07 Å². The molecule has 0 aromatic carbocycles. The van der Waals surface area contributed by atoms with Gasteiger partial charge in [0, 0.05) is 0 Å². The Kier molecular flexibility index (Phi) is 2.29. The zero-order valence-electron chi connectivity index (χ0n) is 7.77. The monoisotopic (exact) mass is 195 g/mol. The topological polar surface area (TPSA) is 76.5 Å². The van der Waals surface area contributed by atoms with Crippen molar-refractivity contribution in [1.29, 1.82) is 0 Å². The number of carboxylic acids is 1. The summed E-state index contributed by atoms with van der Waals surface area (Å²) >= 11 is 0. The molecule has 0 radical (unpaired) electrons. The van der Waals surface area contributed by atoms with Crippen molar-refractivity contribution in [1.82, 2.24) is 0 Å². The van der Waals surface area contributed by atoms with E-state index in [0.29, 0.717) is 11.7 Å². The fourth-order valence-electron chi connectivity index (χ4n) is 1.50. The smallest absolute Gasteiger partial charge is 0.371 e. The molecule has 1 unspecified atom stereocenters. The molecule has 4 heteroatoms. The van der Waals surface area contributed by atoms with E-state index < -0.39 is 5.97 Å². The Balaban J connectivity index is 2.03. The molecule has 1 aliphatic rings. The average Bonchev–Trinajstić information content (AvgIpc) is 2.81. The number of nitrogens with two attached hydrogens (primary N) is 1. The molecule has 0 bridgehead atoms. The second-order valence-electron chi connectivity index (χ2n) is 3.79. The standard InChI is InChI=1S/C10H13NO3/c11-7(5-6-1-2-6)8-3-4-9(14-8)10(12)13/h3-4,6-7H,1-2,5,11H2,(H,12,13). The van der Waals surface area contributed by atoms with E-state index in [9.17, 15) is 4.79 Å². The van der Waals surface area contributed by atoms with Crippen LogP contribution in [-0.2, 0) is 0 Å². The van der Waals surface area contributed by atoms with Gasteiger partial charge in [-0.3, -0.25) is 0 Å². The van der Waals surface area contributed by atoms with Gasteiger partial charge in [0.1, 0.15) is 5.76 Å². The number of carboxylic acid groups (broad SMARTS) is 1. The maximum Gasteiger partial charge on any atom is 0.371 e. The predicted molar refractivity (Wildman–Crippen MR) is 49.9 cm³/mol. The molecule has 14 heavy (non-hydrogen) atoms. The largest absolute Gasteiger partial charge is 0.475 e. The molecule has 1 fully saturated rings. The summed E-state index contributed by atoms with van der Waals surface area (Å²) in [4.78, 5) is 10.5. The summed E-state index contributed by atoms with van der Waals surface area (Å²) in [6.45, 7) is 0. The van der Waals surface area contributed by atoms with E-state index in [0.717, 1.165) is 6.42 Å².